The number of nitrogens with zero attached hydrogens (tertiary/aromatic N) is 1. The van der Waals surface area contributed by atoms with Gasteiger partial charge in [-0.15, -0.1) is 0 Å². The molecular formula is C20H21BN2O2. The Bertz CT molecular complexity index is 788. The Balaban J connectivity index is 1.46. The van der Waals surface area contributed by atoms with Crippen LogP contribution in [0.1, 0.15) is 29.9 Å². The maximum absolute atomic E-state index is 13.0. The van der Waals surface area contributed by atoms with Gasteiger partial charge in [0.15, 0.2) is 0 Å². The predicted octanol–water partition coefficient (Wildman–Crippen LogP) is 3.26. The third-order valence-electron chi connectivity index (χ3n) is 5.47. The second-order valence-corrected chi connectivity index (χ2v) is 7.24. The lowest BCUT2D eigenvalue weighted by Crippen LogP contribution is -2.56. The second-order valence-electron chi connectivity index (χ2n) is 7.24. The molecule has 2 aliphatic rings. The monoisotopic (exact) mass is 332 g/mol. The van der Waals surface area contributed by atoms with Crippen molar-refractivity contribution in [2.24, 2.45) is 0 Å². The SMILES string of the molecule is CB(Cc1ccccc1)N1C(=O)NC2(CC(c3ccccc3)C2)C1=O. The van der Waals surface area contributed by atoms with Crippen molar-refractivity contribution in [3.8, 4) is 0 Å². The number of nitrogens with one attached hydrogen (secondary N) is 1. The molecule has 25 heavy (non-hydrogen) atoms. The van der Waals surface area contributed by atoms with Gasteiger partial charge in [0, 0.05) is 0 Å². The lowest BCUT2D eigenvalue weighted by molar-refractivity contribution is -0.131. The molecule has 2 fully saturated rings. The molecule has 0 unspecified atom stereocenters. The topological polar surface area (TPSA) is 49.4 Å². The number of imide groups is 1. The highest BCUT2D eigenvalue weighted by atomic mass is 16.2. The quantitative estimate of drug-likeness (QED) is 0.690. The minimum Gasteiger partial charge on any atom is -0.324 e. The molecule has 2 aromatic rings. The Labute approximate surface area is 148 Å². The zero-order chi connectivity index (χ0) is 17.4. The smallest absolute Gasteiger partial charge is 0.312 e. The van der Waals surface area contributed by atoms with Gasteiger partial charge in [-0.05, 0) is 30.6 Å². The zero-order valence-electron chi connectivity index (χ0n) is 14.3. The van der Waals surface area contributed by atoms with Gasteiger partial charge in [0.05, 0.1) is 0 Å². The van der Waals surface area contributed by atoms with Crippen molar-refractivity contribution in [3.63, 3.8) is 0 Å². The van der Waals surface area contributed by atoms with Crippen LogP contribution in [-0.2, 0) is 11.1 Å². The molecule has 1 N–H and O–H groups in total. The fourth-order valence-electron chi connectivity index (χ4n) is 4.11. The Morgan fingerprint density at radius 2 is 1.64 bits per heavy atom. The van der Waals surface area contributed by atoms with E-state index >= 15 is 0 Å². The molecule has 1 saturated heterocycles. The molecule has 0 atom stereocenters. The van der Waals surface area contributed by atoms with Gasteiger partial charge in [-0.2, -0.15) is 0 Å². The molecular weight excluding hydrogens is 311 g/mol. The number of carbonyl (C=O) groups is 2. The first-order valence-electron chi connectivity index (χ1n) is 8.84. The maximum Gasteiger partial charge on any atom is 0.312 e. The highest BCUT2D eigenvalue weighted by Crippen LogP contribution is 2.47. The number of benzene rings is 2. The van der Waals surface area contributed by atoms with Gasteiger partial charge in [0.1, 0.15) is 5.54 Å². The summed E-state index contributed by atoms with van der Waals surface area (Å²) in [4.78, 5) is 26.9. The van der Waals surface area contributed by atoms with E-state index in [0.717, 1.165) is 5.56 Å². The van der Waals surface area contributed by atoms with Crippen molar-refractivity contribution in [3.05, 3.63) is 71.8 Å². The number of amides is 3. The molecule has 1 aliphatic heterocycles. The van der Waals surface area contributed by atoms with E-state index < -0.39 is 5.54 Å². The van der Waals surface area contributed by atoms with E-state index in [9.17, 15) is 9.59 Å². The van der Waals surface area contributed by atoms with Crippen LogP contribution < -0.4 is 5.32 Å². The van der Waals surface area contributed by atoms with E-state index in [2.05, 4.69) is 17.4 Å². The summed E-state index contributed by atoms with van der Waals surface area (Å²) in [5.74, 6) is 0.281. The molecule has 1 aliphatic carbocycles. The van der Waals surface area contributed by atoms with Crippen molar-refractivity contribution in [2.75, 3.05) is 0 Å². The first-order valence-corrected chi connectivity index (χ1v) is 8.84. The molecule has 126 valence electrons. The average Bonchev–Trinajstić information content (AvgIpc) is 2.86. The van der Waals surface area contributed by atoms with Crippen molar-refractivity contribution in [1.82, 2.24) is 10.1 Å². The second kappa shape index (κ2) is 6.06. The fraction of sp³-hybridized carbons (Fsp3) is 0.300. The highest BCUT2D eigenvalue weighted by molar-refractivity contribution is 6.61. The molecule has 1 spiro atoms. The number of hydrogen-bond acceptors (Lipinski definition) is 2. The molecule has 1 saturated carbocycles. The van der Waals surface area contributed by atoms with Crippen LogP contribution >= 0.6 is 0 Å². The lowest BCUT2D eigenvalue weighted by Gasteiger charge is -2.43. The molecule has 4 rings (SSSR count). The van der Waals surface area contributed by atoms with Crippen LogP contribution in [0.2, 0.25) is 6.82 Å². The summed E-state index contributed by atoms with van der Waals surface area (Å²) in [6, 6.07) is 19.9. The van der Waals surface area contributed by atoms with Crippen molar-refractivity contribution in [2.45, 2.75) is 37.4 Å². The van der Waals surface area contributed by atoms with Gasteiger partial charge in [0.2, 0.25) is 5.91 Å². The van der Waals surface area contributed by atoms with Gasteiger partial charge in [-0.1, -0.05) is 73.1 Å². The van der Waals surface area contributed by atoms with Crippen LogP contribution in [-0.4, -0.2) is 29.1 Å². The molecule has 4 nitrogen and oxygen atoms in total. The average molecular weight is 332 g/mol. The zero-order valence-corrected chi connectivity index (χ0v) is 14.3. The normalized spacial score (nSPS) is 25.0. The Morgan fingerprint density at radius 1 is 1.04 bits per heavy atom. The largest absolute Gasteiger partial charge is 0.324 e. The van der Waals surface area contributed by atoms with Crippen LogP contribution in [0, 0.1) is 0 Å². The number of hydrogen-bond donors (Lipinski definition) is 1. The number of urea groups is 1. The van der Waals surface area contributed by atoms with Crippen LogP contribution in [0.15, 0.2) is 60.7 Å². The standard InChI is InChI=1S/C20H21BN2O2/c1-21(14-15-8-4-2-5-9-15)23-18(24)20(22-19(23)25)12-17(13-20)16-10-6-3-7-11-16/h2-11,17H,12-14H2,1H3,(H,22,25). The minimum absolute atomic E-state index is 0.0619. The van der Waals surface area contributed by atoms with Crippen molar-refractivity contribution in [1.29, 1.82) is 0 Å². The Hall–Kier alpha value is -2.56. The summed E-state index contributed by atoms with van der Waals surface area (Å²) in [5.41, 5.74) is 1.68. The van der Waals surface area contributed by atoms with E-state index in [1.807, 2.05) is 55.4 Å². The van der Waals surface area contributed by atoms with Crippen molar-refractivity contribution >= 4 is 18.8 Å². The highest BCUT2D eigenvalue weighted by Gasteiger charge is 2.59. The third-order valence-corrected chi connectivity index (χ3v) is 5.47. The molecule has 1 heterocycles. The third kappa shape index (κ3) is 2.74. The molecule has 3 amide bonds. The fourth-order valence-corrected chi connectivity index (χ4v) is 4.11. The van der Waals surface area contributed by atoms with Gasteiger partial charge >= 0.3 is 6.03 Å². The van der Waals surface area contributed by atoms with E-state index in [1.54, 1.807) is 0 Å². The first-order chi connectivity index (χ1) is 12.1. The van der Waals surface area contributed by atoms with Gasteiger partial charge in [-0.3, -0.25) is 4.79 Å². The van der Waals surface area contributed by atoms with Crippen LogP contribution in [0.3, 0.4) is 0 Å². The lowest BCUT2D eigenvalue weighted by atomic mass is 9.57. The molecule has 0 bridgehead atoms. The summed E-state index contributed by atoms with van der Waals surface area (Å²) in [6.07, 6.45) is 2.06. The van der Waals surface area contributed by atoms with Crippen LogP contribution in [0.25, 0.3) is 0 Å². The first kappa shape index (κ1) is 15.9. The van der Waals surface area contributed by atoms with E-state index in [4.69, 9.17) is 0 Å². The van der Waals surface area contributed by atoms with Gasteiger partial charge in [-0.25, -0.2) is 4.79 Å². The van der Waals surface area contributed by atoms with E-state index in [-0.39, 0.29) is 18.8 Å². The van der Waals surface area contributed by atoms with E-state index in [1.165, 1.54) is 10.4 Å². The van der Waals surface area contributed by atoms with Crippen LogP contribution in [0.5, 0.6) is 0 Å². The summed E-state index contributed by atoms with van der Waals surface area (Å²) < 4.78 is 0. The maximum atomic E-state index is 13.0. The predicted molar refractivity (Wildman–Crippen MR) is 98.3 cm³/mol. The molecule has 0 aromatic heterocycles. The van der Waals surface area contributed by atoms with E-state index in [0.29, 0.717) is 25.1 Å². The Morgan fingerprint density at radius 3 is 2.28 bits per heavy atom. The molecule has 2 aromatic carbocycles. The molecule has 5 heteroatoms. The summed E-state index contributed by atoms with van der Waals surface area (Å²) >= 11 is 0. The molecule has 0 radical (unpaired) electrons. The minimum atomic E-state index is -0.692. The summed E-state index contributed by atoms with van der Waals surface area (Å²) in [6.45, 7) is 1.79. The van der Waals surface area contributed by atoms with Gasteiger partial charge in [0.25, 0.3) is 6.85 Å². The van der Waals surface area contributed by atoms with Gasteiger partial charge < -0.3 is 10.1 Å². The summed E-state index contributed by atoms with van der Waals surface area (Å²) in [7, 11) is 0. The summed E-state index contributed by atoms with van der Waals surface area (Å²) in [5, 5.41) is 2.97. The van der Waals surface area contributed by atoms with Crippen molar-refractivity contribution < 1.29 is 9.59 Å². The number of rotatable bonds is 4. The number of carbonyl (C=O) groups excluding carboxylic acids is 2. The Kier molecular flexibility index (Phi) is 3.87. The van der Waals surface area contributed by atoms with Crippen LogP contribution in [0.4, 0.5) is 4.79 Å².